The number of aryl methyl sites for hydroxylation is 1. The first-order valence-corrected chi connectivity index (χ1v) is 8.25. The van der Waals surface area contributed by atoms with Gasteiger partial charge in [-0.2, -0.15) is 0 Å². The molecule has 0 saturated heterocycles. The topological polar surface area (TPSA) is 29.9 Å². The Bertz CT molecular complexity index is 550. The van der Waals surface area contributed by atoms with Crippen LogP contribution in [-0.2, 0) is 6.42 Å². The lowest BCUT2D eigenvalue weighted by Crippen LogP contribution is -2.14. The highest BCUT2D eigenvalue weighted by Crippen LogP contribution is 2.31. The molecule has 0 atom stereocenters. The molecule has 3 nitrogen and oxygen atoms in total. The van der Waals surface area contributed by atoms with Gasteiger partial charge in [0.25, 0.3) is 0 Å². The number of benzene rings is 1. The van der Waals surface area contributed by atoms with Crippen molar-refractivity contribution in [2.75, 3.05) is 5.32 Å². The van der Waals surface area contributed by atoms with Gasteiger partial charge in [-0.3, -0.25) is 0 Å². The molecule has 1 aromatic carbocycles. The first kappa shape index (κ1) is 14.2. The van der Waals surface area contributed by atoms with Crippen molar-refractivity contribution in [3.63, 3.8) is 0 Å². The lowest BCUT2D eigenvalue weighted by molar-refractivity contribution is 0.356. The van der Waals surface area contributed by atoms with E-state index in [0.29, 0.717) is 6.04 Å². The highest BCUT2D eigenvalue weighted by atomic mass is 15.2. The second-order valence-corrected chi connectivity index (χ2v) is 6.02. The minimum atomic E-state index is 0.614. The zero-order valence-corrected chi connectivity index (χ0v) is 12.9. The summed E-state index contributed by atoms with van der Waals surface area (Å²) < 4.78 is 2.32. The van der Waals surface area contributed by atoms with E-state index in [9.17, 15) is 0 Å². The molecule has 0 aliphatic heterocycles. The number of nitrogens with zero attached hydrogens (tertiary/aromatic N) is 2. The zero-order valence-electron chi connectivity index (χ0n) is 12.9. The smallest absolute Gasteiger partial charge is 0.207 e. The summed E-state index contributed by atoms with van der Waals surface area (Å²) in [4.78, 5) is 4.50. The molecule has 1 heterocycles. The van der Waals surface area contributed by atoms with Crippen LogP contribution in [-0.4, -0.2) is 9.55 Å². The molecule has 1 aliphatic carbocycles. The first-order chi connectivity index (χ1) is 10.4. The van der Waals surface area contributed by atoms with E-state index in [4.69, 9.17) is 0 Å². The quantitative estimate of drug-likeness (QED) is 0.828. The number of aromatic nitrogens is 2. The van der Waals surface area contributed by atoms with Crippen molar-refractivity contribution in [2.45, 2.75) is 57.9 Å². The largest absolute Gasteiger partial charge is 0.326 e. The van der Waals surface area contributed by atoms with E-state index in [-0.39, 0.29) is 0 Å². The maximum atomic E-state index is 4.50. The molecule has 1 N–H and O–H groups in total. The van der Waals surface area contributed by atoms with Gasteiger partial charge in [0.2, 0.25) is 5.95 Å². The summed E-state index contributed by atoms with van der Waals surface area (Å²) in [5.41, 5.74) is 2.52. The van der Waals surface area contributed by atoms with Gasteiger partial charge in [0.1, 0.15) is 0 Å². The molecule has 0 amide bonds. The van der Waals surface area contributed by atoms with Crippen LogP contribution in [0.2, 0.25) is 0 Å². The van der Waals surface area contributed by atoms with E-state index in [1.807, 2.05) is 6.20 Å². The summed E-state index contributed by atoms with van der Waals surface area (Å²) in [6.07, 6.45) is 13.0. The summed E-state index contributed by atoms with van der Waals surface area (Å²) >= 11 is 0. The van der Waals surface area contributed by atoms with Crippen molar-refractivity contribution < 1.29 is 0 Å². The van der Waals surface area contributed by atoms with Crippen LogP contribution in [0.25, 0.3) is 0 Å². The van der Waals surface area contributed by atoms with Crippen LogP contribution < -0.4 is 5.32 Å². The lowest BCUT2D eigenvalue weighted by atomic mass is 9.95. The Balaban J connectivity index is 1.71. The van der Waals surface area contributed by atoms with E-state index < -0.39 is 0 Å². The second kappa shape index (κ2) is 6.79. The van der Waals surface area contributed by atoms with Gasteiger partial charge in [-0.25, -0.2) is 4.98 Å². The number of rotatable bonds is 5. The van der Waals surface area contributed by atoms with Crippen LogP contribution in [0.1, 0.15) is 57.1 Å². The van der Waals surface area contributed by atoms with Crippen LogP contribution in [0.4, 0.5) is 11.6 Å². The van der Waals surface area contributed by atoms with Crippen LogP contribution in [0.3, 0.4) is 0 Å². The third-order valence-corrected chi connectivity index (χ3v) is 4.39. The van der Waals surface area contributed by atoms with Crippen molar-refractivity contribution in [2.24, 2.45) is 0 Å². The molecule has 0 unspecified atom stereocenters. The van der Waals surface area contributed by atoms with E-state index in [1.165, 1.54) is 44.1 Å². The molecule has 1 saturated carbocycles. The Hall–Kier alpha value is -1.77. The Labute approximate surface area is 127 Å². The molecule has 0 radical (unpaired) electrons. The predicted molar refractivity (Wildman–Crippen MR) is 88.1 cm³/mol. The lowest BCUT2D eigenvalue weighted by Gasteiger charge is -2.24. The van der Waals surface area contributed by atoms with Gasteiger partial charge in [-0.05, 0) is 37.0 Å². The fraction of sp³-hybridized carbons (Fsp3) is 0.500. The fourth-order valence-corrected chi connectivity index (χ4v) is 3.24. The van der Waals surface area contributed by atoms with E-state index in [2.05, 4.69) is 52.3 Å². The molecule has 1 fully saturated rings. The molecule has 112 valence electrons. The molecule has 0 spiro atoms. The van der Waals surface area contributed by atoms with Crippen LogP contribution in [0.5, 0.6) is 0 Å². The van der Waals surface area contributed by atoms with Crippen LogP contribution in [0.15, 0.2) is 36.7 Å². The Morgan fingerprint density at radius 1 is 1.14 bits per heavy atom. The van der Waals surface area contributed by atoms with Crippen molar-refractivity contribution in [1.29, 1.82) is 0 Å². The third-order valence-electron chi connectivity index (χ3n) is 4.39. The van der Waals surface area contributed by atoms with Crippen LogP contribution in [0, 0.1) is 0 Å². The molecular weight excluding hydrogens is 258 g/mol. The summed E-state index contributed by atoms with van der Waals surface area (Å²) in [6, 6.07) is 9.35. The Kier molecular flexibility index (Phi) is 4.59. The fourth-order valence-electron chi connectivity index (χ4n) is 3.24. The Morgan fingerprint density at radius 2 is 1.90 bits per heavy atom. The highest BCUT2D eigenvalue weighted by Gasteiger charge is 2.17. The van der Waals surface area contributed by atoms with Crippen molar-refractivity contribution in [3.05, 3.63) is 42.2 Å². The SMILES string of the molecule is CCCc1ccc(Nc2nccn2C2CCCCC2)cc1. The molecule has 21 heavy (non-hydrogen) atoms. The van der Waals surface area contributed by atoms with Gasteiger partial charge in [-0.15, -0.1) is 0 Å². The molecule has 0 bridgehead atoms. The maximum Gasteiger partial charge on any atom is 0.207 e. The van der Waals surface area contributed by atoms with Gasteiger partial charge in [0.15, 0.2) is 0 Å². The standard InChI is InChI=1S/C18H25N3/c1-2-6-15-9-11-16(12-10-15)20-18-19-13-14-21(18)17-7-4-3-5-8-17/h9-14,17H,2-8H2,1H3,(H,19,20). The second-order valence-electron chi connectivity index (χ2n) is 6.02. The normalized spacial score (nSPS) is 16.0. The number of hydrogen-bond donors (Lipinski definition) is 1. The molecule has 3 heteroatoms. The number of anilines is 2. The van der Waals surface area contributed by atoms with E-state index in [1.54, 1.807) is 0 Å². The Morgan fingerprint density at radius 3 is 2.62 bits per heavy atom. The van der Waals surface area contributed by atoms with E-state index >= 15 is 0 Å². The van der Waals surface area contributed by atoms with Gasteiger partial charge < -0.3 is 9.88 Å². The monoisotopic (exact) mass is 283 g/mol. The van der Waals surface area contributed by atoms with Gasteiger partial charge in [0.05, 0.1) is 0 Å². The summed E-state index contributed by atoms with van der Waals surface area (Å²) in [5.74, 6) is 0.977. The highest BCUT2D eigenvalue weighted by molar-refractivity contribution is 5.54. The number of imidazole rings is 1. The zero-order chi connectivity index (χ0) is 14.5. The molecule has 1 aromatic heterocycles. The summed E-state index contributed by atoms with van der Waals surface area (Å²) in [5, 5.41) is 3.47. The predicted octanol–water partition coefficient (Wildman–Crippen LogP) is 5.08. The first-order valence-electron chi connectivity index (χ1n) is 8.25. The maximum absolute atomic E-state index is 4.50. The van der Waals surface area contributed by atoms with Crippen molar-refractivity contribution in [3.8, 4) is 0 Å². The number of nitrogens with one attached hydrogen (secondary N) is 1. The minimum absolute atomic E-state index is 0.614. The molecule has 2 aromatic rings. The summed E-state index contributed by atoms with van der Waals surface area (Å²) in [7, 11) is 0. The van der Waals surface area contributed by atoms with Gasteiger partial charge >= 0.3 is 0 Å². The van der Waals surface area contributed by atoms with Gasteiger partial charge in [0, 0.05) is 24.1 Å². The molecule has 3 rings (SSSR count). The van der Waals surface area contributed by atoms with Crippen molar-refractivity contribution in [1.82, 2.24) is 9.55 Å². The van der Waals surface area contributed by atoms with Crippen molar-refractivity contribution >= 4 is 11.6 Å². The summed E-state index contributed by atoms with van der Waals surface area (Å²) in [6.45, 7) is 2.22. The minimum Gasteiger partial charge on any atom is -0.326 e. The molecular formula is C18H25N3. The van der Waals surface area contributed by atoms with Gasteiger partial charge in [-0.1, -0.05) is 44.7 Å². The average molecular weight is 283 g/mol. The number of hydrogen-bond acceptors (Lipinski definition) is 2. The van der Waals surface area contributed by atoms with Crippen LogP contribution >= 0.6 is 0 Å². The third kappa shape index (κ3) is 3.46. The molecule has 1 aliphatic rings. The van der Waals surface area contributed by atoms with E-state index in [0.717, 1.165) is 18.1 Å². The average Bonchev–Trinajstić information content (AvgIpc) is 2.98.